The highest BCUT2D eigenvalue weighted by Gasteiger charge is 2.10. The van der Waals surface area contributed by atoms with Gasteiger partial charge < -0.3 is 14.2 Å². The highest BCUT2D eigenvalue weighted by molar-refractivity contribution is 7.96. The maximum atomic E-state index is 10.2. The second-order valence-corrected chi connectivity index (χ2v) is 2.21. The second kappa shape index (κ2) is 5.29. The van der Waals surface area contributed by atoms with E-state index in [9.17, 15) is 4.79 Å². The third kappa shape index (κ3) is 6.03. The standard InChI is InChI=1S/C6H11O4S/c1-4(8-3)9-5(2)10-6(7)11/h4-5H,1-3H3. The smallest absolute Gasteiger partial charge is 0.402 e. The first-order chi connectivity index (χ1) is 5.06. The summed E-state index contributed by atoms with van der Waals surface area (Å²) in [5.74, 6) is 0. The first kappa shape index (κ1) is 10.6. The normalized spacial score (nSPS) is 15.5. The topological polar surface area (TPSA) is 44.8 Å². The molecule has 0 spiro atoms. The molecule has 1 radical (unpaired) electrons. The van der Waals surface area contributed by atoms with Gasteiger partial charge in [0, 0.05) is 19.7 Å². The number of hydrogen-bond donors (Lipinski definition) is 0. The summed E-state index contributed by atoms with van der Waals surface area (Å²) in [6.07, 6.45) is -1.06. The SMILES string of the molecule is COC(C)OC(C)OC(=O)[S]. The minimum Gasteiger partial charge on any atom is -0.424 e. The van der Waals surface area contributed by atoms with Crippen LogP contribution in [0.25, 0.3) is 0 Å². The maximum absolute atomic E-state index is 10.2. The predicted molar refractivity (Wildman–Crippen MR) is 41.1 cm³/mol. The van der Waals surface area contributed by atoms with Gasteiger partial charge in [0.2, 0.25) is 6.29 Å². The van der Waals surface area contributed by atoms with Crippen molar-refractivity contribution >= 4 is 17.9 Å². The van der Waals surface area contributed by atoms with Crippen LogP contribution in [0.15, 0.2) is 0 Å². The molecule has 5 heteroatoms. The van der Waals surface area contributed by atoms with Crippen LogP contribution in [-0.4, -0.2) is 25.0 Å². The van der Waals surface area contributed by atoms with Gasteiger partial charge >= 0.3 is 5.30 Å². The second-order valence-electron chi connectivity index (χ2n) is 1.87. The molecule has 0 aliphatic heterocycles. The van der Waals surface area contributed by atoms with Crippen molar-refractivity contribution in [2.45, 2.75) is 26.4 Å². The molecule has 0 rings (SSSR count). The Morgan fingerprint density at radius 1 is 1.36 bits per heavy atom. The largest absolute Gasteiger partial charge is 0.424 e. The Balaban J connectivity index is 3.51. The molecule has 0 aromatic rings. The maximum Gasteiger partial charge on any atom is 0.402 e. The molecule has 0 aromatic heterocycles. The number of rotatable bonds is 4. The molecule has 65 valence electrons. The molecule has 2 atom stereocenters. The Hall–Kier alpha value is -0.390. The Kier molecular flexibility index (Phi) is 5.10. The van der Waals surface area contributed by atoms with Crippen LogP contribution in [0, 0.1) is 0 Å². The molecule has 0 aliphatic rings. The molecule has 0 saturated carbocycles. The number of methoxy groups -OCH3 is 1. The van der Waals surface area contributed by atoms with Gasteiger partial charge in [0.15, 0.2) is 6.29 Å². The molecule has 0 bridgehead atoms. The fourth-order valence-electron chi connectivity index (χ4n) is 0.489. The summed E-state index contributed by atoms with van der Waals surface area (Å²) in [6.45, 7) is 3.26. The molecule has 0 aromatic carbocycles. The molecule has 11 heavy (non-hydrogen) atoms. The molecule has 0 amide bonds. The van der Waals surface area contributed by atoms with E-state index < -0.39 is 17.9 Å². The average molecular weight is 179 g/mol. The van der Waals surface area contributed by atoms with Gasteiger partial charge in [-0.25, -0.2) is 4.79 Å². The Labute approximate surface area is 71.2 Å². The van der Waals surface area contributed by atoms with E-state index in [1.165, 1.54) is 7.11 Å². The molecule has 0 N–H and O–H groups in total. The molecule has 0 fully saturated rings. The highest BCUT2D eigenvalue weighted by Crippen LogP contribution is 2.01. The summed E-state index contributed by atoms with van der Waals surface area (Å²) in [5.41, 5.74) is 0. The van der Waals surface area contributed by atoms with Crippen LogP contribution in [0.4, 0.5) is 4.79 Å². The third-order valence-corrected chi connectivity index (χ3v) is 1.07. The first-order valence-corrected chi connectivity index (χ1v) is 3.53. The van der Waals surface area contributed by atoms with Gasteiger partial charge in [0.05, 0.1) is 0 Å². The number of hydrogen-bond acceptors (Lipinski definition) is 4. The van der Waals surface area contributed by atoms with Gasteiger partial charge in [0.25, 0.3) is 0 Å². The van der Waals surface area contributed by atoms with Crippen molar-refractivity contribution < 1.29 is 19.0 Å². The number of ether oxygens (including phenoxy) is 3. The van der Waals surface area contributed by atoms with Crippen molar-refractivity contribution in [3.8, 4) is 0 Å². The van der Waals surface area contributed by atoms with E-state index in [2.05, 4.69) is 17.4 Å². The fraction of sp³-hybridized carbons (Fsp3) is 0.833. The van der Waals surface area contributed by atoms with E-state index in [-0.39, 0.29) is 0 Å². The van der Waals surface area contributed by atoms with Gasteiger partial charge in [-0.2, -0.15) is 0 Å². The summed E-state index contributed by atoms with van der Waals surface area (Å²) in [4.78, 5) is 10.2. The van der Waals surface area contributed by atoms with Gasteiger partial charge in [-0.1, -0.05) is 0 Å². The summed E-state index contributed by atoms with van der Waals surface area (Å²) in [7, 11) is 1.49. The van der Waals surface area contributed by atoms with E-state index in [1.54, 1.807) is 13.8 Å². The molecule has 2 unspecified atom stereocenters. The number of carbonyl (C=O) groups excluding carboxylic acids is 1. The van der Waals surface area contributed by atoms with Crippen molar-refractivity contribution in [2.75, 3.05) is 7.11 Å². The van der Waals surface area contributed by atoms with Crippen LogP contribution in [0.2, 0.25) is 0 Å². The third-order valence-electron chi connectivity index (χ3n) is 0.977. The zero-order chi connectivity index (χ0) is 8.85. The lowest BCUT2D eigenvalue weighted by Crippen LogP contribution is -2.21. The van der Waals surface area contributed by atoms with E-state index in [0.717, 1.165) is 0 Å². The molecule has 0 saturated heterocycles. The summed E-state index contributed by atoms with van der Waals surface area (Å²) in [6, 6.07) is 0. The van der Waals surface area contributed by atoms with Crippen LogP contribution < -0.4 is 0 Å². The van der Waals surface area contributed by atoms with E-state index in [4.69, 9.17) is 9.47 Å². The van der Waals surface area contributed by atoms with Crippen molar-refractivity contribution in [3.63, 3.8) is 0 Å². The van der Waals surface area contributed by atoms with Gasteiger partial charge in [-0.05, 0) is 13.8 Å². The zero-order valence-corrected chi connectivity index (χ0v) is 7.51. The quantitative estimate of drug-likeness (QED) is 0.486. The van der Waals surface area contributed by atoms with Crippen molar-refractivity contribution in [1.82, 2.24) is 0 Å². The number of carbonyl (C=O) groups is 1. The van der Waals surface area contributed by atoms with Crippen LogP contribution >= 0.6 is 12.6 Å². The van der Waals surface area contributed by atoms with E-state index >= 15 is 0 Å². The minimum atomic E-state index is -0.777. The highest BCUT2D eigenvalue weighted by atomic mass is 32.1. The van der Waals surface area contributed by atoms with Crippen LogP contribution in [0.1, 0.15) is 13.8 Å². The Morgan fingerprint density at radius 2 is 1.91 bits per heavy atom. The molecule has 4 nitrogen and oxygen atoms in total. The van der Waals surface area contributed by atoms with Crippen LogP contribution in [0.3, 0.4) is 0 Å². The summed E-state index contributed by atoms with van der Waals surface area (Å²) in [5, 5.41) is -0.777. The van der Waals surface area contributed by atoms with Gasteiger partial charge in [0.1, 0.15) is 0 Å². The van der Waals surface area contributed by atoms with E-state index in [1.807, 2.05) is 0 Å². The van der Waals surface area contributed by atoms with Crippen molar-refractivity contribution in [2.24, 2.45) is 0 Å². The Bertz CT molecular complexity index is 128. The molecule has 0 aliphatic carbocycles. The first-order valence-electron chi connectivity index (χ1n) is 3.12. The van der Waals surface area contributed by atoms with Gasteiger partial charge in [-0.15, -0.1) is 0 Å². The lowest BCUT2D eigenvalue weighted by molar-refractivity contribution is -0.199. The molecule has 0 heterocycles. The lowest BCUT2D eigenvalue weighted by atomic mass is 10.7. The van der Waals surface area contributed by atoms with Gasteiger partial charge in [-0.3, -0.25) is 0 Å². The van der Waals surface area contributed by atoms with Crippen molar-refractivity contribution in [3.05, 3.63) is 0 Å². The van der Waals surface area contributed by atoms with Crippen molar-refractivity contribution in [1.29, 1.82) is 0 Å². The predicted octanol–water partition coefficient (Wildman–Crippen LogP) is 1.68. The minimum absolute atomic E-state index is 0.403. The molecular formula is C6H11O4S. The zero-order valence-electron chi connectivity index (χ0n) is 6.70. The summed E-state index contributed by atoms with van der Waals surface area (Å²) < 4.78 is 14.2. The fourth-order valence-corrected chi connectivity index (χ4v) is 0.624. The molecular weight excluding hydrogens is 168 g/mol. The monoisotopic (exact) mass is 179 g/mol. The Morgan fingerprint density at radius 3 is 2.27 bits per heavy atom. The lowest BCUT2D eigenvalue weighted by Gasteiger charge is -2.16. The van der Waals surface area contributed by atoms with E-state index in [0.29, 0.717) is 0 Å². The summed E-state index contributed by atoms with van der Waals surface area (Å²) >= 11 is 4.16. The average Bonchev–Trinajstić information content (AvgIpc) is 1.85. The van der Waals surface area contributed by atoms with Crippen LogP contribution in [0.5, 0.6) is 0 Å². The van der Waals surface area contributed by atoms with Crippen LogP contribution in [-0.2, 0) is 14.2 Å².